The Kier molecular flexibility index (Phi) is 7.00. The number of pyridine rings is 1. The highest BCUT2D eigenvalue weighted by molar-refractivity contribution is 7.80. The van der Waals surface area contributed by atoms with E-state index in [9.17, 15) is 0 Å². The molecule has 1 unspecified atom stereocenters. The fourth-order valence-corrected chi connectivity index (χ4v) is 2.75. The molecule has 1 fully saturated rings. The van der Waals surface area contributed by atoms with Crippen LogP contribution < -0.4 is 5.43 Å². The van der Waals surface area contributed by atoms with Gasteiger partial charge in [0.2, 0.25) is 0 Å². The minimum Gasteiger partial charge on any atom is -0.379 e. The van der Waals surface area contributed by atoms with E-state index in [2.05, 4.69) is 36.2 Å². The molecule has 1 aromatic rings. The number of aromatic nitrogens is 1. The molecule has 2 heterocycles. The lowest BCUT2D eigenvalue weighted by molar-refractivity contribution is 0.0239. The zero-order valence-corrected chi connectivity index (χ0v) is 14.5. The van der Waals surface area contributed by atoms with Gasteiger partial charge in [-0.25, -0.2) is 5.01 Å². The van der Waals surface area contributed by atoms with Crippen molar-refractivity contribution in [2.75, 3.05) is 26.3 Å². The Balaban J connectivity index is 0.00000220. The van der Waals surface area contributed by atoms with E-state index in [-0.39, 0.29) is 17.8 Å². The maximum atomic E-state index is 5.69. The molecule has 1 aromatic heterocycles. The monoisotopic (exact) mass is 329 g/mol. The number of nitrogens with one attached hydrogen (secondary N) is 1. The number of rotatable bonds is 4. The third kappa shape index (κ3) is 4.13. The molecule has 1 aliphatic rings. The van der Waals surface area contributed by atoms with E-state index < -0.39 is 0 Å². The van der Waals surface area contributed by atoms with Crippen molar-refractivity contribution in [3.63, 3.8) is 0 Å². The maximum Gasteiger partial charge on any atom is 0.102 e. The number of hydrogen-bond donors (Lipinski definition) is 1. The highest BCUT2D eigenvalue weighted by Crippen LogP contribution is 2.31. The fraction of sp³-hybridized carbons (Fsp3) is 0.600. The van der Waals surface area contributed by atoms with Crippen molar-refractivity contribution < 1.29 is 4.74 Å². The highest BCUT2D eigenvalue weighted by atomic mass is 35.5. The largest absolute Gasteiger partial charge is 0.379 e. The molecule has 0 radical (unpaired) electrons. The molecule has 118 valence electrons. The fourth-order valence-electron chi connectivity index (χ4n) is 2.28. The number of thiocarbonyl (C=S) groups is 1. The van der Waals surface area contributed by atoms with Crippen LogP contribution in [0.3, 0.4) is 0 Å². The molecule has 0 saturated carbocycles. The first-order chi connectivity index (χ1) is 9.55. The van der Waals surface area contributed by atoms with Crippen LogP contribution in [0.2, 0.25) is 0 Å². The summed E-state index contributed by atoms with van der Waals surface area (Å²) in [5.41, 5.74) is 4.13. The molecule has 0 aromatic carbocycles. The molecule has 1 saturated heterocycles. The summed E-state index contributed by atoms with van der Waals surface area (Å²) in [6, 6.07) is 6.00. The van der Waals surface area contributed by atoms with Crippen LogP contribution in [0, 0.1) is 5.92 Å². The summed E-state index contributed by atoms with van der Waals surface area (Å²) >= 11 is 5.69. The summed E-state index contributed by atoms with van der Waals surface area (Å²) < 4.78 is 5.36. The van der Waals surface area contributed by atoms with E-state index in [1.54, 1.807) is 0 Å². The highest BCUT2D eigenvalue weighted by Gasteiger charge is 2.37. The molecule has 0 spiro atoms. The van der Waals surface area contributed by atoms with Crippen LogP contribution in [-0.4, -0.2) is 41.3 Å². The van der Waals surface area contributed by atoms with Gasteiger partial charge in [-0.2, -0.15) is 0 Å². The third-order valence-electron chi connectivity index (χ3n) is 4.09. The maximum absolute atomic E-state index is 5.69. The zero-order chi connectivity index (χ0) is 14.6. The molecule has 1 N–H and O–H groups in total. The topological polar surface area (TPSA) is 37.4 Å². The Bertz CT molecular complexity index is 451. The first-order valence-corrected chi connectivity index (χ1v) is 7.51. The Morgan fingerprint density at radius 1 is 1.38 bits per heavy atom. The molecule has 0 amide bonds. The Labute approximate surface area is 138 Å². The van der Waals surface area contributed by atoms with E-state index >= 15 is 0 Å². The number of hydrazine groups is 1. The predicted octanol–water partition coefficient (Wildman–Crippen LogP) is 2.58. The van der Waals surface area contributed by atoms with Gasteiger partial charge in [-0.1, -0.05) is 32.1 Å². The van der Waals surface area contributed by atoms with Gasteiger partial charge in [0, 0.05) is 19.3 Å². The molecule has 0 aliphatic carbocycles. The number of morpholine rings is 1. The Hall–Kier alpha value is -0.750. The van der Waals surface area contributed by atoms with Crippen molar-refractivity contribution in [3.8, 4) is 0 Å². The van der Waals surface area contributed by atoms with Crippen LogP contribution in [-0.2, 0) is 10.2 Å². The second-order valence-corrected chi connectivity index (χ2v) is 6.02. The van der Waals surface area contributed by atoms with Crippen LogP contribution in [0.25, 0.3) is 0 Å². The van der Waals surface area contributed by atoms with Crippen LogP contribution in [0.1, 0.15) is 26.5 Å². The van der Waals surface area contributed by atoms with Gasteiger partial charge in [0.1, 0.15) is 4.99 Å². The van der Waals surface area contributed by atoms with Crippen LogP contribution >= 0.6 is 24.6 Å². The molecule has 4 nitrogen and oxygen atoms in total. The number of nitrogens with zero attached hydrogens (tertiary/aromatic N) is 2. The van der Waals surface area contributed by atoms with Crippen LogP contribution in [0.15, 0.2) is 24.4 Å². The van der Waals surface area contributed by atoms with Gasteiger partial charge < -0.3 is 10.2 Å². The number of ether oxygens (including phenoxy) is 1. The number of hydrogen-bond acceptors (Lipinski definition) is 4. The molecular weight excluding hydrogens is 306 g/mol. The third-order valence-corrected chi connectivity index (χ3v) is 4.61. The first kappa shape index (κ1) is 18.3. The quantitative estimate of drug-likeness (QED) is 0.859. The summed E-state index contributed by atoms with van der Waals surface area (Å²) in [7, 11) is 0. The SMILES string of the molecule is CC(C)C(C)(C(=S)NN1CCOCC1)c1ccccn1.Cl. The van der Waals surface area contributed by atoms with Crippen LogP contribution in [0.5, 0.6) is 0 Å². The van der Waals surface area contributed by atoms with Gasteiger partial charge in [0.05, 0.1) is 24.3 Å². The van der Waals surface area contributed by atoms with Gasteiger partial charge in [0.25, 0.3) is 0 Å². The zero-order valence-electron chi connectivity index (χ0n) is 12.8. The Morgan fingerprint density at radius 2 is 2.05 bits per heavy atom. The van der Waals surface area contributed by atoms with E-state index in [1.165, 1.54) is 0 Å². The van der Waals surface area contributed by atoms with Crippen LogP contribution in [0.4, 0.5) is 0 Å². The van der Waals surface area contributed by atoms with Crippen molar-refractivity contribution in [3.05, 3.63) is 30.1 Å². The number of halogens is 1. The predicted molar refractivity (Wildman–Crippen MR) is 91.8 cm³/mol. The first-order valence-electron chi connectivity index (χ1n) is 7.10. The van der Waals surface area contributed by atoms with Gasteiger partial charge in [0.15, 0.2) is 0 Å². The van der Waals surface area contributed by atoms with E-state index in [0.717, 1.165) is 37.0 Å². The summed E-state index contributed by atoms with van der Waals surface area (Å²) in [5, 5.41) is 2.13. The van der Waals surface area contributed by atoms with E-state index in [4.69, 9.17) is 17.0 Å². The second kappa shape index (κ2) is 8.03. The lowest BCUT2D eigenvalue weighted by atomic mass is 9.76. The summed E-state index contributed by atoms with van der Waals surface area (Å²) in [4.78, 5) is 5.34. The van der Waals surface area contributed by atoms with Gasteiger partial charge in [-0.3, -0.25) is 4.98 Å². The van der Waals surface area contributed by atoms with E-state index in [1.807, 2.05) is 24.4 Å². The molecule has 1 atom stereocenters. The Morgan fingerprint density at radius 3 is 2.57 bits per heavy atom. The van der Waals surface area contributed by atoms with Crippen molar-refractivity contribution in [1.29, 1.82) is 0 Å². The molecule has 1 aliphatic heterocycles. The lowest BCUT2D eigenvalue weighted by Crippen LogP contribution is -2.54. The van der Waals surface area contributed by atoms with Crippen molar-refractivity contribution in [2.24, 2.45) is 5.92 Å². The van der Waals surface area contributed by atoms with E-state index in [0.29, 0.717) is 5.92 Å². The summed E-state index contributed by atoms with van der Waals surface area (Å²) in [5.74, 6) is 0.360. The lowest BCUT2D eigenvalue weighted by Gasteiger charge is -2.38. The minimum absolute atomic E-state index is 0. The van der Waals surface area contributed by atoms with Crippen molar-refractivity contribution in [1.82, 2.24) is 15.4 Å². The van der Waals surface area contributed by atoms with Crippen molar-refractivity contribution in [2.45, 2.75) is 26.2 Å². The normalized spacial score (nSPS) is 18.7. The van der Waals surface area contributed by atoms with Gasteiger partial charge in [-0.05, 0) is 25.0 Å². The van der Waals surface area contributed by atoms with Gasteiger partial charge in [-0.15, -0.1) is 12.4 Å². The molecule has 6 heteroatoms. The summed E-state index contributed by atoms with van der Waals surface area (Å²) in [6.45, 7) is 9.74. The second-order valence-electron chi connectivity index (χ2n) is 5.61. The average molecular weight is 330 g/mol. The average Bonchev–Trinajstić information content (AvgIpc) is 2.48. The van der Waals surface area contributed by atoms with Gasteiger partial charge >= 0.3 is 0 Å². The molecule has 2 rings (SSSR count). The smallest absolute Gasteiger partial charge is 0.102 e. The van der Waals surface area contributed by atoms with Crippen molar-refractivity contribution >= 4 is 29.6 Å². The molecule has 0 bridgehead atoms. The minimum atomic E-state index is -0.269. The standard InChI is InChI=1S/C15H23N3OS.ClH/c1-12(2)15(3,13-6-4-5-7-16-13)14(20)17-18-8-10-19-11-9-18;/h4-7,12H,8-11H2,1-3H3,(H,17,20);1H. The molecular formula is C15H24ClN3OS. The molecule has 21 heavy (non-hydrogen) atoms. The summed E-state index contributed by atoms with van der Waals surface area (Å²) in [6.07, 6.45) is 1.83.